The van der Waals surface area contributed by atoms with E-state index < -0.39 is 0 Å². The SMILES string of the molecule is CC1CNCC(c2csc(Cl)c2)OC1. The van der Waals surface area contributed by atoms with Gasteiger partial charge in [-0.25, -0.2) is 0 Å². The highest BCUT2D eigenvalue weighted by molar-refractivity contribution is 7.14. The van der Waals surface area contributed by atoms with Crippen LogP contribution in [0.25, 0.3) is 0 Å². The van der Waals surface area contributed by atoms with Gasteiger partial charge in [-0.05, 0) is 22.9 Å². The summed E-state index contributed by atoms with van der Waals surface area (Å²) in [6.07, 6.45) is 0.170. The molecule has 2 heterocycles. The monoisotopic (exact) mass is 231 g/mol. The Hall–Kier alpha value is -0.0900. The fourth-order valence-electron chi connectivity index (χ4n) is 1.57. The third-order valence-corrected chi connectivity index (χ3v) is 3.47. The van der Waals surface area contributed by atoms with E-state index in [0.717, 1.165) is 24.0 Å². The van der Waals surface area contributed by atoms with E-state index in [1.165, 1.54) is 5.56 Å². The first kappa shape index (κ1) is 10.4. The lowest BCUT2D eigenvalue weighted by atomic mass is 10.2. The number of rotatable bonds is 1. The van der Waals surface area contributed by atoms with Gasteiger partial charge >= 0.3 is 0 Å². The maximum atomic E-state index is 5.89. The average molecular weight is 232 g/mol. The first-order valence-corrected chi connectivity index (χ1v) is 6.07. The van der Waals surface area contributed by atoms with Crippen molar-refractivity contribution in [3.8, 4) is 0 Å². The molecule has 1 N–H and O–H groups in total. The van der Waals surface area contributed by atoms with E-state index in [1.54, 1.807) is 11.3 Å². The fraction of sp³-hybridized carbons (Fsp3) is 0.600. The van der Waals surface area contributed by atoms with Crippen LogP contribution in [0.5, 0.6) is 0 Å². The van der Waals surface area contributed by atoms with Crippen LogP contribution >= 0.6 is 22.9 Å². The van der Waals surface area contributed by atoms with Gasteiger partial charge in [-0.1, -0.05) is 18.5 Å². The minimum absolute atomic E-state index is 0.170. The van der Waals surface area contributed by atoms with E-state index in [-0.39, 0.29) is 6.10 Å². The van der Waals surface area contributed by atoms with Gasteiger partial charge in [-0.2, -0.15) is 0 Å². The number of thiophene rings is 1. The van der Waals surface area contributed by atoms with Crippen LogP contribution in [0.2, 0.25) is 4.34 Å². The molecule has 1 saturated heterocycles. The average Bonchev–Trinajstić information content (AvgIpc) is 2.46. The van der Waals surface area contributed by atoms with E-state index in [2.05, 4.69) is 17.6 Å². The van der Waals surface area contributed by atoms with Gasteiger partial charge in [0.2, 0.25) is 0 Å². The largest absolute Gasteiger partial charge is 0.372 e. The number of nitrogens with one attached hydrogen (secondary N) is 1. The molecular weight excluding hydrogens is 218 g/mol. The summed E-state index contributed by atoms with van der Waals surface area (Å²) in [5.41, 5.74) is 1.20. The molecular formula is C10H14ClNOS. The third-order valence-electron chi connectivity index (χ3n) is 2.36. The van der Waals surface area contributed by atoms with Crippen molar-refractivity contribution < 1.29 is 4.74 Å². The molecule has 2 unspecified atom stereocenters. The van der Waals surface area contributed by atoms with Crippen molar-refractivity contribution in [3.05, 3.63) is 21.3 Å². The quantitative estimate of drug-likeness (QED) is 0.803. The Morgan fingerprint density at radius 2 is 2.43 bits per heavy atom. The molecule has 0 spiro atoms. The van der Waals surface area contributed by atoms with E-state index in [1.807, 2.05) is 6.07 Å². The summed E-state index contributed by atoms with van der Waals surface area (Å²) >= 11 is 7.45. The molecule has 14 heavy (non-hydrogen) atoms. The van der Waals surface area contributed by atoms with Gasteiger partial charge in [0.15, 0.2) is 0 Å². The van der Waals surface area contributed by atoms with Gasteiger partial charge < -0.3 is 10.1 Å². The first-order chi connectivity index (χ1) is 6.75. The zero-order chi connectivity index (χ0) is 9.97. The van der Waals surface area contributed by atoms with Crippen LogP contribution < -0.4 is 5.32 Å². The Morgan fingerprint density at radius 3 is 3.14 bits per heavy atom. The summed E-state index contributed by atoms with van der Waals surface area (Å²) in [5, 5.41) is 5.47. The van der Waals surface area contributed by atoms with Gasteiger partial charge in [-0.3, -0.25) is 0 Å². The van der Waals surface area contributed by atoms with E-state index in [0.29, 0.717) is 5.92 Å². The predicted molar refractivity (Wildman–Crippen MR) is 60.1 cm³/mol. The topological polar surface area (TPSA) is 21.3 Å². The van der Waals surface area contributed by atoms with Crippen molar-refractivity contribution in [2.75, 3.05) is 19.7 Å². The van der Waals surface area contributed by atoms with Gasteiger partial charge in [0.1, 0.15) is 0 Å². The fourth-order valence-corrected chi connectivity index (χ4v) is 2.50. The van der Waals surface area contributed by atoms with Crippen molar-refractivity contribution in [3.63, 3.8) is 0 Å². The van der Waals surface area contributed by atoms with Crippen LogP contribution in [0.15, 0.2) is 11.4 Å². The summed E-state index contributed by atoms with van der Waals surface area (Å²) in [4.78, 5) is 0. The molecule has 78 valence electrons. The molecule has 1 aliphatic heterocycles. The summed E-state index contributed by atoms with van der Waals surface area (Å²) in [5.74, 6) is 0.592. The molecule has 0 saturated carbocycles. The second-order valence-electron chi connectivity index (χ2n) is 3.77. The van der Waals surface area contributed by atoms with E-state index >= 15 is 0 Å². The van der Waals surface area contributed by atoms with Crippen molar-refractivity contribution in [2.24, 2.45) is 5.92 Å². The molecule has 1 aromatic heterocycles. The summed E-state index contributed by atoms with van der Waals surface area (Å²) in [6, 6.07) is 1.99. The lowest BCUT2D eigenvalue weighted by Gasteiger charge is -2.13. The minimum Gasteiger partial charge on any atom is -0.372 e. The third kappa shape index (κ3) is 2.48. The highest BCUT2D eigenvalue weighted by Gasteiger charge is 2.18. The number of hydrogen-bond donors (Lipinski definition) is 1. The highest BCUT2D eigenvalue weighted by atomic mass is 35.5. The number of halogens is 1. The molecule has 2 nitrogen and oxygen atoms in total. The number of hydrogen-bond acceptors (Lipinski definition) is 3. The molecule has 0 aromatic carbocycles. The molecule has 2 atom stereocenters. The van der Waals surface area contributed by atoms with Crippen LogP contribution in [-0.2, 0) is 4.74 Å². The first-order valence-electron chi connectivity index (χ1n) is 4.82. The zero-order valence-corrected chi connectivity index (χ0v) is 9.70. The molecule has 1 aliphatic rings. The molecule has 1 fully saturated rings. The smallest absolute Gasteiger partial charge is 0.0957 e. The zero-order valence-electron chi connectivity index (χ0n) is 8.13. The maximum absolute atomic E-state index is 5.89. The molecule has 2 rings (SSSR count). The Labute approximate surface area is 93.2 Å². The van der Waals surface area contributed by atoms with Crippen molar-refractivity contribution in [1.29, 1.82) is 0 Å². The van der Waals surface area contributed by atoms with Crippen LogP contribution in [0.3, 0.4) is 0 Å². The van der Waals surface area contributed by atoms with Crippen molar-refractivity contribution >= 4 is 22.9 Å². The molecule has 0 aliphatic carbocycles. The normalized spacial score (nSPS) is 28.7. The minimum atomic E-state index is 0.170. The van der Waals surface area contributed by atoms with Crippen LogP contribution in [0.4, 0.5) is 0 Å². The van der Waals surface area contributed by atoms with Crippen LogP contribution in [0, 0.1) is 5.92 Å². The molecule has 0 bridgehead atoms. The van der Waals surface area contributed by atoms with Gasteiger partial charge in [0, 0.05) is 13.1 Å². The molecule has 0 amide bonds. The predicted octanol–water partition coefficient (Wildman–Crippen LogP) is 2.70. The van der Waals surface area contributed by atoms with Gasteiger partial charge in [0.05, 0.1) is 17.0 Å². The maximum Gasteiger partial charge on any atom is 0.0957 e. The molecule has 0 radical (unpaired) electrons. The van der Waals surface area contributed by atoms with Crippen LogP contribution in [0.1, 0.15) is 18.6 Å². The Kier molecular flexibility index (Phi) is 3.44. The molecule has 4 heteroatoms. The second kappa shape index (κ2) is 4.62. The Bertz CT molecular complexity index is 302. The van der Waals surface area contributed by atoms with Crippen LogP contribution in [-0.4, -0.2) is 19.7 Å². The summed E-state index contributed by atoms with van der Waals surface area (Å²) in [6.45, 7) is 4.94. The van der Waals surface area contributed by atoms with E-state index in [9.17, 15) is 0 Å². The lowest BCUT2D eigenvalue weighted by molar-refractivity contribution is 0.0518. The van der Waals surface area contributed by atoms with E-state index in [4.69, 9.17) is 16.3 Å². The second-order valence-corrected chi connectivity index (χ2v) is 5.31. The van der Waals surface area contributed by atoms with Gasteiger partial charge in [0.25, 0.3) is 0 Å². The Balaban J connectivity index is 2.04. The Morgan fingerprint density at radius 1 is 1.57 bits per heavy atom. The molecule has 1 aromatic rings. The summed E-state index contributed by atoms with van der Waals surface area (Å²) in [7, 11) is 0. The standard InChI is InChI=1S/C10H14ClNOS/c1-7-3-12-4-9(13-5-7)8-2-10(11)14-6-8/h2,6-7,9,12H,3-5H2,1H3. The highest BCUT2D eigenvalue weighted by Crippen LogP contribution is 2.27. The lowest BCUT2D eigenvalue weighted by Crippen LogP contribution is -2.22. The van der Waals surface area contributed by atoms with Crippen molar-refractivity contribution in [2.45, 2.75) is 13.0 Å². The van der Waals surface area contributed by atoms with Gasteiger partial charge in [-0.15, -0.1) is 11.3 Å². The number of ether oxygens (including phenoxy) is 1. The van der Waals surface area contributed by atoms with Crippen molar-refractivity contribution in [1.82, 2.24) is 5.32 Å². The summed E-state index contributed by atoms with van der Waals surface area (Å²) < 4.78 is 6.63.